The van der Waals surface area contributed by atoms with Crippen LogP contribution < -0.4 is 10.6 Å². The molecule has 1 saturated heterocycles. The van der Waals surface area contributed by atoms with Gasteiger partial charge in [0, 0.05) is 29.9 Å². The average Bonchev–Trinajstić information content (AvgIpc) is 3.39. The lowest BCUT2D eigenvalue weighted by Crippen LogP contribution is -2.56. The van der Waals surface area contributed by atoms with E-state index in [2.05, 4.69) is 29.0 Å². The van der Waals surface area contributed by atoms with Crippen LogP contribution in [-0.4, -0.2) is 53.0 Å². The summed E-state index contributed by atoms with van der Waals surface area (Å²) in [4.78, 5) is 41.6. The van der Waals surface area contributed by atoms with Crippen molar-refractivity contribution in [3.8, 4) is 10.4 Å². The van der Waals surface area contributed by atoms with Crippen LogP contribution in [0.15, 0.2) is 35.7 Å². The van der Waals surface area contributed by atoms with Gasteiger partial charge in [-0.1, -0.05) is 65.8 Å². The van der Waals surface area contributed by atoms with E-state index in [9.17, 15) is 19.5 Å². The molecule has 36 heavy (non-hydrogen) atoms. The molecule has 2 aromatic rings. The van der Waals surface area contributed by atoms with Crippen molar-refractivity contribution in [1.29, 1.82) is 0 Å². The van der Waals surface area contributed by atoms with E-state index in [1.54, 1.807) is 32.1 Å². The fourth-order valence-electron chi connectivity index (χ4n) is 4.17. The lowest BCUT2D eigenvalue weighted by atomic mass is 9.84. The fraction of sp³-hybridized carbons (Fsp3) is 0.536. The minimum Gasteiger partial charge on any atom is -0.390 e. The molecule has 0 bridgehead atoms. The summed E-state index contributed by atoms with van der Waals surface area (Å²) < 4.78 is 0. The van der Waals surface area contributed by atoms with Gasteiger partial charge in [-0.05, 0) is 40.5 Å². The van der Waals surface area contributed by atoms with Crippen LogP contribution in [0.5, 0.6) is 0 Å². The first-order chi connectivity index (χ1) is 16.7. The minimum absolute atomic E-state index is 0.0593. The number of nitrogens with zero attached hydrogens (tertiary/aromatic N) is 1. The second-order valence-electron chi connectivity index (χ2n) is 11.8. The van der Waals surface area contributed by atoms with Gasteiger partial charge in [0.05, 0.1) is 12.0 Å². The summed E-state index contributed by atoms with van der Waals surface area (Å²) in [7, 11) is 0. The molecule has 1 aliphatic heterocycles. The number of aliphatic hydroxyl groups is 1. The Kier molecular flexibility index (Phi) is 8.30. The Morgan fingerprint density at radius 3 is 2.22 bits per heavy atom. The van der Waals surface area contributed by atoms with Crippen LogP contribution in [0.2, 0.25) is 0 Å². The van der Waals surface area contributed by atoms with Crippen LogP contribution in [-0.2, 0) is 20.9 Å². The van der Waals surface area contributed by atoms with E-state index >= 15 is 0 Å². The molecule has 3 N–H and O–H groups in total. The van der Waals surface area contributed by atoms with Crippen molar-refractivity contribution in [2.24, 2.45) is 16.7 Å². The van der Waals surface area contributed by atoms with Gasteiger partial charge in [-0.3, -0.25) is 14.4 Å². The number of amides is 3. The highest BCUT2D eigenvalue weighted by atomic mass is 32.1. The standard InChI is InChI=1S/C28H39N3O4S/c1-17-12-13-36-22(17)19-10-8-18(9-11-19)14-29-24(33)20-15-31(16-21(20)32)25(34)23(27(2,3)4)30-26(35)28(5,6)7/h8-13,20-21,23,32H,14-16H2,1-7H3,(H,29,33)(H,30,35)/t20-,21-,23+/m1/s1. The molecule has 8 heteroatoms. The lowest BCUT2D eigenvalue weighted by Gasteiger charge is -2.35. The highest BCUT2D eigenvalue weighted by Gasteiger charge is 2.44. The van der Waals surface area contributed by atoms with Gasteiger partial charge >= 0.3 is 0 Å². The van der Waals surface area contributed by atoms with Crippen molar-refractivity contribution < 1.29 is 19.5 Å². The molecule has 0 spiro atoms. The zero-order valence-electron chi connectivity index (χ0n) is 22.3. The maximum atomic E-state index is 13.4. The minimum atomic E-state index is -0.961. The van der Waals surface area contributed by atoms with E-state index in [-0.39, 0.29) is 30.8 Å². The largest absolute Gasteiger partial charge is 0.390 e. The number of hydrogen-bond acceptors (Lipinski definition) is 5. The number of nitrogens with one attached hydrogen (secondary N) is 2. The number of rotatable bonds is 6. The number of benzene rings is 1. The zero-order chi connectivity index (χ0) is 26.8. The maximum absolute atomic E-state index is 13.4. The fourth-order valence-corrected chi connectivity index (χ4v) is 5.10. The van der Waals surface area contributed by atoms with Gasteiger partial charge in [-0.15, -0.1) is 11.3 Å². The molecular formula is C28H39N3O4S. The van der Waals surface area contributed by atoms with Crippen LogP contribution in [0.3, 0.4) is 0 Å². The summed E-state index contributed by atoms with van der Waals surface area (Å²) in [5.74, 6) is -1.51. The molecule has 1 aromatic carbocycles. The van der Waals surface area contributed by atoms with Crippen LogP contribution in [0.25, 0.3) is 10.4 Å². The van der Waals surface area contributed by atoms with E-state index < -0.39 is 28.9 Å². The molecule has 0 saturated carbocycles. The first kappa shape index (κ1) is 27.9. The molecule has 0 aliphatic carbocycles. The molecule has 3 rings (SSSR count). The number of β-amino-alcohol motifs (C(OH)–C–C–N with tert-alkyl or cyclic N) is 1. The number of carbonyl (C=O) groups excluding carboxylic acids is 3. The van der Waals surface area contributed by atoms with Crippen molar-refractivity contribution in [2.45, 2.75) is 67.2 Å². The third-order valence-corrected chi connectivity index (χ3v) is 7.62. The second-order valence-corrected chi connectivity index (χ2v) is 12.7. The Bertz CT molecular complexity index is 1100. The smallest absolute Gasteiger partial charge is 0.245 e. The molecule has 1 aliphatic rings. The van der Waals surface area contributed by atoms with E-state index in [4.69, 9.17) is 0 Å². The first-order valence-corrected chi connectivity index (χ1v) is 13.3. The molecule has 7 nitrogen and oxygen atoms in total. The van der Waals surface area contributed by atoms with Crippen molar-refractivity contribution in [1.82, 2.24) is 15.5 Å². The van der Waals surface area contributed by atoms with Crippen LogP contribution in [0, 0.1) is 23.7 Å². The van der Waals surface area contributed by atoms with Crippen LogP contribution in [0.1, 0.15) is 52.7 Å². The third kappa shape index (κ3) is 6.53. The average molecular weight is 514 g/mol. The maximum Gasteiger partial charge on any atom is 0.245 e. The predicted octanol–water partition coefficient (Wildman–Crippen LogP) is 3.74. The lowest BCUT2D eigenvalue weighted by molar-refractivity contribution is -0.141. The highest BCUT2D eigenvalue weighted by molar-refractivity contribution is 7.13. The normalized spacial score (nSPS) is 19.2. The second kappa shape index (κ2) is 10.7. The molecule has 196 valence electrons. The summed E-state index contributed by atoms with van der Waals surface area (Å²) in [6.45, 7) is 13.6. The zero-order valence-corrected chi connectivity index (χ0v) is 23.2. The van der Waals surface area contributed by atoms with Crippen molar-refractivity contribution in [3.63, 3.8) is 0 Å². The van der Waals surface area contributed by atoms with Crippen molar-refractivity contribution in [2.75, 3.05) is 13.1 Å². The topological polar surface area (TPSA) is 98.7 Å². The molecule has 1 fully saturated rings. The molecule has 3 amide bonds. The number of thiophene rings is 1. The quantitative estimate of drug-likeness (QED) is 0.548. The van der Waals surface area contributed by atoms with E-state index in [1.165, 1.54) is 15.3 Å². The molecule has 2 heterocycles. The molecule has 1 aromatic heterocycles. The van der Waals surface area contributed by atoms with Crippen LogP contribution in [0.4, 0.5) is 0 Å². The molecule has 0 unspecified atom stereocenters. The summed E-state index contributed by atoms with van der Waals surface area (Å²) in [5, 5.41) is 18.5. The summed E-state index contributed by atoms with van der Waals surface area (Å²) in [5.41, 5.74) is 2.17. The number of carbonyl (C=O) groups is 3. The van der Waals surface area contributed by atoms with E-state index in [0.717, 1.165) is 11.1 Å². The highest BCUT2D eigenvalue weighted by Crippen LogP contribution is 2.29. The Hall–Kier alpha value is -2.71. The summed E-state index contributed by atoms with van der Waals surface area (Å²) >= 11 is 1.70. The van der Waals surface area contributed by atoms with Crippen molar-refractivity contribution >= 4 is 29.1 Å². The Morgan fingerprint density at radius 2 is 1.69 bits per heavy atom. The van der Waals surface area contributed by atoms with Gasteiger partial charge in [0.25, 0.3) is 0 Å². The van der Waals surface area contributed by atoms with E-state index in [0.29, 0.717) is 6.54 Å². The Balaban J connectivity index is 1.61. The molecule has 3 atom stereocenters. The SMILES string of the molecule is Cc1ccsc1-c1ccc(CNC(=O)[C@@H]2CN(C(=O)[C@H](NC(=O)C(C)(C)C)C(C)(C)C)C[C@H]2O)cc1. The van der Waals surface area contributed by atoms with Crippen molar-refractivity contribution in [3.05, 3.63) is 46.8 Å². The molecule has 0 radical (unpaired) electrons. The first-order valence-electron chi connectivity index (χ1n) is 12.4. The Labute approximate surface area is 218 Å². The monoisotopic (exact) mass is 513 g/mol. The van der Waals surface area contributed by atoms with Gasteiger partial charge in [0.1, 0.15) is 6.04 Å². The number of aliphatic hydroxyl groups excluding tert-OH is 1. The molecular weight excluding hydrogens is 474 g/mol. The van der Waals surface area contributed by atoms with Crippen LogP contribution >= 0.6 is 11.3 Å². The number of likely N-dealkylation sites (tertiary alicyclic amines) is 1. The van der Waals surface area contributed by atoms with Gasteiger partial charge in [0.2, 0.25) is 17.7 Å². The van der Waals surface area contributed by atoms with Gasteiger partial charge in [0.15, 0.2) is 0 Å². The third-order valence-electron chi connectivity index (χ3n) is 6.55. The van der Waals surface area contributed by atoms with Gasteiger partial charge < -0.3 is 20.6 Å². The number of hydrogen-bond donors (Lipinski definition) is 3. The number of aryl methyl sites for hydroxylation is 1. The van der Waals surface area contributed by atoms with Gasteiger partial charge in [-0.2, -0.15) is 0 Å². The predicted molar refractivity (Wildman–Crippen MR) is 143 cm³/mol. The van der Waals surface area contributed by atoms with E-state index in [1.807, 2.05) is 45.0 Å². The Morgan fingerprint density at radius 1 is 1.06 bits per heavy atom. The summed E-state index contributed by atoms with van der Waals surface area (Å²) in [6, 6.07) is 9.40. The summed E-state index contributed by atoms with van der Waals surface area (Å²) in [6.07, 6.45) is -0.961. The van der Waals surface area contributed by atoms with Gasteiger partial charge in [-0.25, -0.2) is 0 Å².